The third kappa shape index (κ3) is 4.87. The molecule has 7 heteroatoms. The maximum Gasteiger partial charge on any atom is 0.446 e. The number of nitrogen functional groups attached to an aromatic ring is 1. The number of halogens is 3. The Hall–Kier alpha value is -1.37. The SMILES string of the molecule is CCOC(=O)Cc1cc(SC(F)(F)F)ccc1N. The molecule has 0 saturated heterocycles. The second-order valence-electron chi connectivity index (χ2n) is 3.39. The van der Waals surface area contributed by atoms with Crippen molar-refractivity contribution in [2.24, 2.45) is 0 Å². The Bertz CT molecular complexity index is 435. The fourth-order valence-corrected chi connectivity index (χ4v) is 1.90. The van der Waals surface area contributed by atoms with Crippen LogP contribution in [0.15, 0.2) is 23.1 Å². The highest BCUT2D eigenvalue weighted by Gasteiger charge is 2.29. The molecule has 1 aromatic rings. The molecule has 100 valence electrons. The summed E-state index contributed by atoms with van der Waals surface area (Å²) in [6, 6.07) is 3.87. The fraction of sp³-hybridized carbons (Fsp3) is 0.364. The van der Waals surface area contributed by atoms with E-state index in [9.17, 15) is 18.0 Å². The van der Waals surface area contributed by atoms with Crippen molar-refractivity contribution in [3.63, 3.8) is 0 Å². The van der Waals surface area contributed by atoms with Gasteiger partial charge in [0.2, 0.25) is 0 Å². The Morgan fingerprint density at radius 1 is 1.44 bits per heavy atom. The summed E-state index contributed by atoms with van der Waals surface area (Å²) < 4.78 is 41.3. The van der Waals surface area contributed by atoms with Crippen LogP contribution in [-0.4, -0.2) is 18.1 Å². The van der Waals surface area contributed by atoms with Crippen LogP contribution in [0, 0.1) is 0 Å². The van der Waals surface area contributed by atoms with E-state index < -0.39 is 11.5 Å². The highest BCUT2D eigenvalue weighted by atomic mass is 32.2. The van der Waals surface area contributed by atoms with Crippen molar-refractivity contribution in [3.05, 3.63) is 23.8 Å². The van der Waals surface area contributed by atoms with Gasteiger partial charge in [-0.3, -0.25) is 4.79 Å². The quantitative estimate of drug-likeness (QED) is 0.523. The van der Waals surface area contributed by atoms with Crippen LogP contribution < -0.4 is 5.73 Å². The average molecular weight is 279 g/mol. The Labute approximate surface area is 106 Å². The summed E-state index contributed by atoms with van der Waals surface area (Å²) >= 11 is -0.244. The molecule has 2 N–H and O–H groups in total. The van der Waals surface area contributed by atoms with Crippen molar-refractivity contribution in [3.8, 4) is 0 Å². The van der Waals surface area contributed by atoms with Crippen LogP contribution in [0.3, 0.4) is 0 Å². The maximum absolute atomic E-state index is 12.2. The molecule has 3 nitrogen and oxygen atoms in total. The molecule has 0 spiro atoms. The topological polar surface area (TPSA) is 52.3 Å². The predicted molar refractivity (Wildman–Crippen MR) is 63.1 cm³/mol. The van der Waals surface area contributed by atoms with Crippen LogP contribution in [0.4, 0.5) is 18.9 Å². The van der Waals surface area contributed by atoms with E-state index in [0.29, 0.717) is 5.56 Å². The molecule has 18 heavy (non-hydrogen) atoms. The minimum atomic E-state index is -4.36. The third-order valence-corrected chi connectivity index (χ3v) is 2.71. The molecule has 1 rings (SSSR count). The molecule has 1 aromatic carbocycles. The standard InChI is InChI=1S/C11H12F3NO2S/c1-2-17-10(16)6-7-5-8(3-4-9(7)15)18-11(12,13)14/h3-5H,2,6,15H2,1H3. The smallest absolute Gasteiger partial charge is 0.446 e. The first-order chi connectivity index (χ1) is 8.31. The van der Waals surface area contributed by atoms with Gasteiger partial charge < -0.3 is 10.5 Å². The molecular formula is C11H12F3NO2S. The molecule has 0 aromatic heterocycles. The Morgan fingerprint density at radius 2 is 2.11 bits per heavy atom. The van der Waals surface area contributed by atoms with Gasteiger partial charge in [-0.1, -0.05) is 0 Å². The number of hydrogen-bond donors (Lipinski definition) is 1. The number of alkyl halides is 3. The van der Waals surface area contributed by atoms with Crippen molar-refractivity contribution in [1.82, 2.24) is 0 Å². The van der Waals surface area contributed by atoms with E-state index in [2.05, 4.69) is 0 Å². The van der Waals surface area contributed by atoms with Gasteiger partial charge in [-0.2, -0.15) is 13.2 Å². The Morgan fingerprint density at radius 3 is 2.67 bits per heavy atom. The zero-order valence-electron chi connectivity index (χ0n) is 9.58. The van der Waals surface area contributed by atoms with E-state index in [-0.39, 0.29) is 35.4 Å². The number of thioether (sulfide) groups is 1. The van der Waals surface area contributed by atoms with E-state index >= 15 is 0 Å². The van der Waals surface area contributed by atoms with Crippen molar-refractivity contribution < 1.29 is 22.7 Å². The molecule has 0 radical (unpaired) electrons. The summed E-state index contributed by atoms with van der Waals surface area (Å²) in [4.78, 5) is 11.3. The highest BCUT2D eigenvalue weighted by molar-refractivity contribution is 8.00. The number of ether oxygens (including phenoxy) is 1. The first-order valence-corrected chi connectivity index (χ1v) is 5.93. The average Bonchev–Trinajstić information content (AvgIpc) is 2.21. The van der Waals surface area contributed by atoms with E-state index in [1.54, 1.807) is 6.92 Å². The lowest BCUT2D eigenvalue weighted by molar-refractivity contribution is -0.142. The number of hydrogen-bond acceptors (Lipinski definition) is 4. The normalized spacial score (nSPS) is 11.3. The highest BCUT2D eigenvalue weighted by Crippen LogP contribution is 2.37. The van der Waals surface area contributed by atoms with Crippen LogP contribution in [0.1, 0.15) is 12.5 Å². The van der Waals surface area contributed by atoms with Crippen LogP contribution >= 0.6 is 11.8 Å². The molecule has 0 aliphatic carbocycles. The molecule has 0 aliphatic rings. The summed E-state index contributed by atoms with van der Waals surface area (Å²) in [6.07, 6.45) is -0.133. The van der Waals surface area contributed by atoms with Gasteiger partial charge in [-0.25, -0.2) is 0 Å². The molecule has 0 fully saturated rings. The van der Waals surface area contributed by atoms with Gasteiger partial charge in [0.15, 0.2) is 0 Å². The van der Waals surface area contributed by atoms with E-state index in [1.807, 2.05) is 0 Å². The molecule has 0 bridgehead atoms. The summed E-state index contributed by atoms with van der Waals surface area (Å²) in [7, 11) is 0. The summed E-state index contributed by atoms with van der Waals surface area (Å²) in [6.45, 7) is 1.87. The maximum atomic E-state index is 12.2. The first kappa shape index (κ1) is 14.7. The van der Waals surface area contributed by atoms with Crippen LogP contribution in [0.2, 0.25) is 0 Å². The van der Waals surface area contributed by atoms with Crippen molar-refractivity contribution in [2.45, 2.75) is 23.7 Å². The van der Waals surface area contributed by atoms with E-state index in [4.69, 9.17) is 10.5 Å². The van der Waals surface area contributed by atoms with Crippen molar-refractivity contribution >= 4 is 23.4 Å². The van der Waals surface area contributed by atoms with E-state index in [0.717, 1.165) is 0 Å². The van der Waals surface area contributed by atoms with Crippen LogP contribution in [0.25, 0.3) is 0 Å². The van der Waals surface area contributed by atoms with Crippen LogP contribution in [-0.2, 0) is 16.0 Å². The van der Waals surface area contributed by atoms with Gasteiger partial charge in [-0.05, 0) is 42.4 Å². The van der Waals surface area contributed by atoms with Gasteiger partial charge >= 0.3 is 11.5 Å². The lowest BCUT2D eigenvalue weighted by Gasteiger charge is -2.09. The lowest BCUT2D eigenvalue weighted by atomic mass is 10.1. The lowest BCUT2D eigenvalue weighted by Crippen LogP contribution is -2.09. The number of carbonyl (C=O) groups excluding carboxylic acids is 1. The van der Waals surface area contributed by atoms with Gasteiger partial charge in [-0.15, -0.1) is 0 Å². The van der Waals surface area contributed by atoms with Crippen molar-refractivity contribution in [1.29, 1.82) is 0 Å². The zero-order valence-corrected chi connectivity index (χ0v) is 10.4. The van der Waals surface area contributed by atoms with Crippen molar-refractivity contribution in [2.75, 3.05) is 12.3 Å². The number of benzene rings is 1. The molecule has 0 atom stereocenters. The summed E-state index contributed by atoms with van der Waals surface area (Å²) in [5.41, 5.74) is 1.84. The molecule has 0 aliphatic heterocycles. The largest absolute Gasteiger partial charge is 0.466 e. The number of carbonyl (C=O) groups is 1. The number of esters is 1. The number of nitrogens with two attached hydrogens (primary N) is 1. The molecule has 0 amide bonds. The predicted octanol–water partition coefficient (Wildman–Crippen LogP) is 2.99. The third-order valence-electron chi connectivity index (χ3n) is 1.99. The molecule has 0 heterocycles. The molecule has 0 saturated carbocycles. The fourth-order valence-electron chi connectivity index (χ4n) is 1.30. The van der Waals surface area contributed by atoms with Gasteiger partial charge in [0, 0.05) is 10.6 Å². The monoisotopic (exact) mass is 279 g/mol. The second kappa shape index (κ2) is 5.99. The molecular weight excluding hydrogens is 267 g/mol. The Kier molecular flexibility index (Phi) is 4.89. The summed E-state index contributed by atoms with van der Waals surface area (Å²) in [5.74, 6) is -0.515. The van der Waals surface area contributed by atoms with E-state index in [1.165, 1.54) is 18.2 Å². The molecule has 0 unspecified atom stereocenters. The van der Waals surface area contributed by atoms with Gasteiger partial charge in [0.05, 0.1) is 13.0 Å². The van der Waals surface area contributed by atoms with Crippen LogP contribution in [0.5, 0.6) is 0 Å². The second-order valence-corrected chi connectivity index (χ2v) is 4.53. The number of rotatable bonds is 4. The minimum absolute atomic E-state index is 0.00371. The van der Waals surface area contributed by atoms with Gasteiger partial charge in [0.25, 0.3) is 0 Å². The number of anilines is 1. The zero-order chi connectivity index (χ0) is 13.8. The first-order valence-electron chi connectivity index (χ1n) is 5.11. The van der Waals surface area contributed by atoms with Gasteiger partial charge in [0.1, 0.15) is 0 Å². The Balaban J connectivity index is 2.84. The minimum Gasteiger partial charge on any atom is -0.466 e. The summed E-state index contributed by atoms with van der Waals surface area (Å²) in [5, 5.41) is 0.